The zero-order valence-corrected chi connectivity index (χ0v) is 15.7. The number of nitrogens with zero attached hydrogens (tertiary/aromatic N) is 2. The lowest BCUT2D eigenvalue weighted by Crippen LogP contribution is -2.53. The summed E-state index contributed by atoms with van der Waals surface area (Å²) in [5.41, 5.74) is 0.950. The third-order valence-corrected chi connectivity index (χ3v) is 6.54. The summed E-state index contributed by atoms with van der Waals surface area (Å²) >= 11 is 4.60. The molecule has 7 heteroatoms. The molecule has 0 saturated carbocycles. The van der Waals surface area contributed by atoms with Crippen molar-refractivity contribution in [1.29, 1.82) is 0 Å². The predicted molar refractivity (Wildman–Crippen MR) is 99.3 cm³/mol. The molecule has 2 heterocycles. The molecule has 2 amide bonds. The zero-order chi connectivity index (χ0) is 17.8. The molecule has 0 aromatic heterocycles. The second kappa shape index (κ2) is 5.85. The molecule has 1 atom stereocenters. The molecule has 25 heavy (non-hydrogen) atoms. The van der Waals surface area contributed by atoms with Crippen LogP contribution >= 0.6 is 27.7 Å². The Morgan fingerprint density at radius 3 is 2.84 bits per heavy atom. The molecule has 128 valence electrons. The Balaban J connectivity index is 1.75. The van der Waals surface area contributed by atoms with E-state index in [2.05, 4.69) is 15.9 Å². The van der Waals surface area contributed by atoms with Gasteiger partial charge >= 0.3 is 0 Å². The van der Waals surface area contributed by atoms with Gasteiger partial charge in [0, 0.05) is 22.8 Å². The second-order valence-corrected chi connectivity index (χ2v) is 8.28. The Labute approximate surface area is 157 Å². The number of benzene rings is 2. The second-order valence-electron chi connectivity index (χ2n) is 6.04. The van der Waals surface area contributed by atoms with E-state index in [-0.39, 0.29) is 17.5 Å². The summed E-state index contributed by atoms with van der Waals surface area (Å²) in [6, 6.07) is 12.1. The average molecular weight is 421 g/mol. The Morgan fingerprint density at radius 1 is 1.32 bits per heavy atom. The van der Waals surface area contributed by atoms with E-state index in [4.69, 9.17) is 0 Å². The van der Waals surface area contributed by atoms with Crippen LogP contribution < -0.4 is 9.80 Å². The van der Waals surface area contributed by atoms with Crippen LogP contribution in [0.4, 0.5) is 15.8 Å². The Hall–Kier alpha value is -1.86. The van der Waals surface area contributed by atoms with Crippen molar-refractivity contribution in [3.63, 3.8) is 0 Å². The number of carbonyl (C=O) groups excluding carboxylic acids is 2. The van der Waals surface area contributed by atoms with E-state index in [1.165, 1.54) is 22.7 Å². The largest absolute Gasteiger partial charge is 0.310 e. The maximum absolute atomic E-state index is 14.3. The Kier molecular flexibility index (Phi) is 3.88. The van der Waals surface area contributed by atoms with Crippen LogP contribution in [0, 0.1) is 5.82 Å². The summed E-state index contributed by atoms with van der Waals surface area (Å²) in [6.07, 6.45) is 0.718. The SMILES string of the molecule is CN(C(=O)C12CCC(=O)N1c1ccccc1S2)c1ccc(Br)cc1F. The van der Waals surface area contributed by atoms with Crippen molar-refractivity contribution in [2.45, 2.75) is 22.6 Å². The van der Waals surface area contributed by atoms with Gasteiger partial charge in [0.05, 0.1) is 11.4 Å². The number of hydrogen-bond donors (Lipinski definition) is 0. The van der Waals surface area contributed by atoms with Gasteiger partial charge in [-0.3, -0.25) is 14.5 Å². The molecule has 2 aliphatic rings. The van der Waals surface area contributed by atoms with Gasteiger partial charge in [0.1, 0.15) is 5.82 Å². The quantitative estimate of drug-likeness (QED) is 0.731. The third kappa shape index (κ3) is 2.40. The van der Waals surface area contributed by atoms with Crippen molar-refractivity contribution < 1.29 is 14.0 Å². The van der Waals surface area contributed by atoms with Crippen LogP contribution in [0.25, 0.3) is 0 Å². The number of para-hydroxylation sites is 1. The molecule has 0 aliphatic carbocycles. The van der Waals surface area contributed by atoms with E-state index in [1.807, 2.05) is 24.3 Å². The van der Waals surface area contributed by atoms with Crippen molar-refractivity contribution in [2.75, 3.05) is 16.8 Å². The van der Waals surface area contributed by atoms with Crippen LogP contribution in [0.1, 0.15) is 12.8 Å². The van der Waals surface area contributed by atoms with Crippen molar-refractivity contribution in [3.05, 3.63) is 52.8 Å². The van der Waals surface area contributed by atoms with E-state index < -0.39 is 10.7 Å². The number of thioether (sulfide) groups is 1. The maximum atomic E-state index is 14.3. The minimum atomic E-state index is -1.03. The number of hydrogen-bond acceptors (Lipinski definition) is 3. The summed E-state index contributed by atoms with van der Waals surface area (Å²) in [4.78, 5) is 28.6. The van der Waals surface area contributed by atoms with Gasteiger partial charge in [0.25, 0.3) is 5.91 Å². The molecule has 1 saturated heterocycles. The first-order chi connectivity index (χ1) is 11.9. The van der Waals surface area contributed by atoms with Crippen molar-refractivity contribution in [3.8, 4) is 0 Å². The number of amides is 2. The number of rotatable bonds is 2. The van der Waals surface area contributed by atoms with Crippen LogP contribution in [0.15, 0.2) is 51.8 Å². The molecule has 0 radical (unpaired) electrons. The average Bonchev–Trinajstić information content (AvgIpc) is 3.09. The van der Waals surface area contributed by atoms with E-state index in [0.717, 1.165) is 10.6 Å². The van der Waals surface area contributed by atoms with Gasteiger partial charge in [-0.15, -0.1) is 0 Å². The monoisotopic (exact) mass is 420 g/mol. The van der Waals surface area contributed by atoms with Gasteiger partial charge in [-0.25, -0.2) is 4.39 Å². The highest BCUT2D eigenvalue weighted by atomic mass is 79.9. The standard InChI is InChI=1S/C18H14BrFN2O2S/c1-21(13-7-6-11(19)10-12(13)20)17(24)18-9-8-16(23)22(18)14-4-2-3-5-15(14)25-18/h2-7,10H,8-9H2,1H3. The Morgan fingerprint density at radius 2 is 2.08 bits per heavy atom. The van der Waals surface area contributed by atoms with Crippen molar-refractivity contribution in [2.24, 2.45) is 0 Å². The molecule has 2 aliphatic heterocycles. The fourth-order valence-corrected chi connectivity index (χ4v) is 5.24. The van der Waals surface area contributed by atoms with Crippen molar-refractivity contribution >= 4 is 50.9 Å². The molecular formula is C18H14BrFN2O2S. The molecule has 1 fully saturated rings. The molecule has 4 rings (SSSR count). The van der Waals surface area contributed by atoms with Crippen LogP contribution in [-0.4, -0.2) is 23.7 Å². The lowest BCUT2D eigenvalue weighted by molar-refractivity contribution is -0.122. The van der Waals surface area contributed by atoms with E-state index in [0.29, 0.717) is 17.3 Å². The normalized spacial score (nSPS) is 21.2. The van der Waals surface area contributed by atoms with E-state index in [9.17, 15) is 14.0 Å². The van der Waals surface area contributed by atoms with Crippen LogP contribution in [0.5, 0.6) is 0 Å². The fraction of sp³-hybridized carbons (Fsp3) is 0.222. The number of halogens is 2. The van der Waals surface area contributed by atoms with E-state index >= 15 is 0 Å². The first-order valence-corrected chi connectivity index (χ1v) is 9.39. The highest BCUT2D eigenvalue weighted by molar-refractivity contribution is 9.10. The number of anilines is 2. The summed E-state index contributed by atoms with van der Waals surface area (Å²) in [7, 11) is 1.55. The summed E-state index contributed by atoms with van der Waals surface area (Å²) < 4.78 is 14.9. The smallest absolute Gasteiger partial charge is 0.264 e. The minimum Gasteiger partial charge on any atom is -0.310 e. The zero-order valence-electron chi connectivity index (χ0n) is 13.3. The van der Waals surface area contributed by atoms with Gasteiger partial charge in [0.2, 0.25) is 5.91 Å². The van der Waals surface area contributed by atoms with Crippen LogP contribution in [-0.2, 0) is 9.59 Å². The Bertz CT molecular complexity index is 906. The first kappa shape index (κ1) is 16.6. The molecular weight excluding hydrogens is 407 g/mol. The summed E-state index contributed by atoms with van der Waals surface area (Å²) in [5.74, 6) is -0.853. The highest BCUT2D eigenvalue weighted by Crippen LogP contribution is 2.56. The number of carbonyl (C=O) groups is 2. The molecule has 2 aromatic rings. The van der Waals surface area contributed by atoms with Crippen LogP contribution in [0.2, 0.25) is 0 Å². The maximum Gasteiger partial charge on any atom is 0.264 e. The lowest BCUT2D eigenvalue weighted by Gasteiger charge is -2.33. The first-order valence-electron chi connectivity index (χ1n) is 7.78. The van der Waals surface area contributed by atoms with Gasteiger partial charge in [-0.05, 0) is 36.8 Å². The molecule has 0 N–H and O–H groups in total. The molecule has 0 spiro atoms. The molecule has 4 nitrogen and oxygen atoms in total. The third-order valence-electron chi connectivity index (χ3n) is 4.58. The fourth-order valence-electron chi connectivity index (χ4n) is 3.41. The number of likely N-dealkylation sites (N-methyl/N-ethyl adjacent to an activating group) is 1. The molecule has 1 unspecified atom stereocenters. The summed E-state index contributed by atoms with van der Waals surface area (Å²) in [6.45, 7) is 0. The van der Waals surface area contributed by atoms with Gasteiger partial charge in [-0.2, -0.15) is 0 Å². The molecule has 0 bridgehead atoms. The van der Waals surface area contributed by atoms with Crippen molar-refractivity contribution in [1.82, 2.24) is 0 Å². The lowest BCUT2D eigenvalue weighted by atomic mass is 10.1. The van der Waals surface area contributed by atoms with Crippen LogP contribution in [0.3, 0.4) is 0 Å². The predicted octanol–water partition coefficient (Wildman–Crippen LogP) is 4.18. The van der Waals surface area contributed by atoms with E-state index in [1.54, 1.807) is 24.1 Å². The minimum absolute atomic E-state index is 0.0736. The topological polar surface area (TPSA) is 40.6 Å². The number of fused-ring (bicyclic) bond motifs is 3. The van der Waals surface area contributed by atoms with Gasteiger partial charge in [-0.1, -0.05) is 39.8 Å². The summed E-state index contributed by atoms with van der Waals surface area (Å²) in [5, 5.41) is 0. The van der Waals surface area contributed by atoms with Gasteiger partial charge < -0.3 is 4.90 Å². The highest BCUT2D eigenvalue weighted by Gasteiger charge is 2.58. The molecule has 2 aromatic carbocycles. The van der Waals surface area contributed by atoms with Gasteiger partial charge in [0.15, 0.2) is 4.87 Å².